The summed E-state index contributed by atoms with van der Waals surface area (Å²) in [7, 11) is 0. The lowest BCUT2D eigenvalue weighted by molar-refractivity contribution is 0.116. The maximum absolute atomic E-state index is 5.70. The van der Waals surface area contributed by atoms with Crippen molar-refractivity contribution in [3.05, 3.63) is 52.0 Å². The average Bonchev–Trinajstić information content (AvgIpc) is 2.94. The van der Waals surface area contributed by atoms with Gasteiger partial charge in [-0.05, 0) is 18.4 Å². The minimum absolute atomic E-state index is 0.492. The number of nitrogens with zero attached hydrogens (tertiary/aromatic N) is 1. The number of benzene rings is 1. The van der Waals surface area contributed by atoms with Gasteiger partial charge in [-0.3, -0.25) is 0 Å². The Morgan fingerprint density at radius 1 is 1.24 bits per heavy atom. The first kappa shape index (κ1) is 16.1. The minimum atomic E-state index is 0.492. The van der Waals surface area contributed by atoms with Crippen LogP contribution in [-0.4, -0.2) is 17.6 Å². The van der Waals surface area contributed by atoms with Crippen molar-refractivity contribution < 1.29 is 4.74 Å². The van der Waals surface area contributed by atoms with Crippen LogP contribution in [0.2, 0.25) is 0 Å². The molecule has 0 bridgehead atoms. The summed E-state index contributed by atoms with van der Waals surface area (Å²) in [5, 5.41) is 6.60. The van der Waals surface area contributed by atoms with Gasteiger partial charge >= 0.3 is 0 Å². The summed E-state index contributed by atoms with van der Waals surface area (Å²) in [4.78, 5) is 4.57. The molecule has 0 atom stereocenters. The van der Waals surface area contributed by atoms with E-state index in [9.17, 15) is 0 Å². The molecule has 0 aliphatic carbocycles. The van der Waals surface area contributed by atoms with Crippen LogP contribution in [0.4, 0.5) is 0 Å². The number of hydrogen-bond acceptors (Lipinski definition) is 4. The average molecular weight is 304 g/mol. The molecule has 21 heavy (non-hydrogen) atoms. The lowest BCUT2D eigenvalue weighted by atomic mass is 10.1. The van der Waals surface area contributed by atoms with Gasteiger partial charge < -0.3 is 10.1 Å². The van der Waals surface area contributed by atoms with Crippen molar-refractivity contribution in [2.24, 2.45) is 0 Å². The van der Waals surface area contributed by atoms with Crippen LogP contribution in [0.15, 0.2) is 35.7 Å². The van der Waals surface area contributed by atoms with Crippen molar-refractivity contribution in [2.75, 3.05) is 6.61 Å². The van der Waals surface area contributed by atoms with Crippen LogP contribution in [-0.2, 0) is 24.3 Å². The van der Waals surface area contributed by atoms with E-state index in [1.807, 2.05) is 6.07 Å². The van der Waals surface area contributed by atoms with Gasteiger partial charge in [0.1, 0.15) is 5.01 Å². The van der Waals surface area contributed by atoms with Gasteiger partial charge in [0, 0.05) is 24.6 Å². The number of aryl methyl sites for hydroxylation is 1. The lowest BCUT2D eigenvalue weighted by Gasteiger charge is -2.05. The van der Waals surface area contributed by atoms with Crippen LogP contribution < -0.4 is 5.32 Å². The Labute approximate surface area is 131 Å². The monoisotopic (exact) mass is 304 g/mol. The number of aromatic nitrogens is 1. The molecule has 114 valence electrons. The second-order valence-corrected chi connectivity index (χ2v) is 6.35. The number of nitrogens with one attached hydrogen (secondary N) is 1. The van der Waals surface area contributed by atoms with E-state index in [1.54, 1.807) is 11.3 Å². The van der Waals surface area contributed by atoms with Crippen molar-refractivity contribution in [1.29, 1.82) is 0 Å². The summed E-state index contributed by atoms with van der Waals surface area (Å²) < 4.78 is 5.70. The topological polar surface area (TPSA) is 34.2 Å². The second kappa shape index (κ2) is 8.93. The Morgan fingerprint density at radius 3 is 2.81 bits per heavy atom. The zero-order valence-electron chi connectivity index (χ0n) is 12.8. The van der Waals surface area contributed by atoms with Crippen LogP contribution in [0.1, 0.15) is 36.5 Å². The third-order valence-corrected chi connectivity index (χ3v) is 4.01. The van der Waals surface area contributed by atoms with Gasteiger partial charge in [0.25, 0.3) is 0 Å². The molecule has 0 fully saturated rings. The van der Waals surface area contributed by atoms with E-state index >= 15 is 0 Å². The Hall–Kier alpha value is -1.23. The zero-order valence-corrected chi connectivity index (χ0v) is 13.7. The number of thiazole rings is 1. The lowest BCUT2D eigenvalue weighted by Crippen LogP contribution is -2.21. The standard InChI is InChI=1S/C17H24N2OS/c1-14(2)18-11-17-19-16(13-21-17)12-20-10-6-9-15-7-4-3-5-8-15/h3-5,7-8,13-14,18H,6,9-12H2,1-2H3. The van der Waals surface area contributed by atoms with E-state index in [2.05, 4.69) is 53.8 Å². The smallest absolute Gasteiger partial charge is 0.107 e. The van der Waals surface area contributed by atoms with Gasteiger partial charge in [-0.1, -0.05) is 44.2 Å². The first-order chi connectivity index (χ1) is 10.2. The van der Waals surface area contributed by atoms with E-state index in [4.69, 9.17) is 4.74 Å². The highest BCUT2D eigenvalue weighted by atomic mass is 32.1. The van der Waals surface area contributed by atoms with Gasteiger partial charge in [0.05, 0.1) is 12.3 Å². The normalized spacial score (nSPS) is 11.2. The molecule has 0 spiro atoms. The number of ether oxygens (including phenoxy) is 1. The van der Waals surface area contributed by atoms with Gasteiger partial charge in [-0.25, -0.2) is 4.98 Å². The maximum Gasteiger partial charge on any atom is 0.107 e. The highest BCUT2D eigenvalue weighted by Crippen LogP contribution is 2.11. The number of rotatable bonds is 9. The van der Waals surface area contributed by atoms with Crippen molar-refractivity contribution in [3.63, 3.8) is 0 Å². The van der Waals surface area contributed by atoms with Crippen LogP contribution >= 0.6 is 11.3 Å². The Bertz CT molecular complexity index is 511. The van der Waals surface area contributed by atoms with Crippen LogP contribution in [0.3, 0.4) is 0 Å². The molecule has 0 saturated carbocycles. The van der Waals surface area contributed by atoms with Gasteiger partial charge in [0.15, 0.2) is 0 Å². The SMILES string of the molecule is CC(C)NCc1nc(COCCCc2ccccc2)cs1. The fourth-order valence-electron chi connectivity index (χ4n) is 1.99. The fourth-order valence-corrected chi connectivity index (χ4v) is 2.72. The van der Waals surface area contributed by atoms with E-state index in [0.717, 1.165) is 36.7 Å². The predicted octanol–water partition coefficient (Wildman–Crippen LogP) is 3.79. The van der Waals surface area contributed by atoms with Crippen LogP contribution in [0.5, 0.6) is 0 Å². The highest BCUT2D eigenvalue weighted by molar-refractivity contribution is 7.09. The van der Waals surface area contributed by atoms with Gasteiger partial charge in [-0.15, -0.1) is 11.3 Å². The van der Waals surface area contributed by atoms with E-state index in [1.165, 1.54) is 5.56 Å². The molecule has 4 heteroatoms. The minimum Gasteiger partial charge on any atom is -0.375 e. The van der Waals surface area contributed by atoms with Gasteiger partial charge in [0.2, 0.25) is 0 Å². The first-order valence-electron chi connectivity index (χ1n) is 7.52. The highest BCUT2D eigenvalue weighted by Gasteiger charge is 2.03. The molecule has 0 radical (unpaired) electrons. The molecule has 0 aliphatic rings. The van der Waals surface area contributed by atoms with Crippen molar-refractivity contribution in [1.82, 2.24) is 10.3 Å². The molecule has 1 N–H and O–H groups in total. The van der Waals surface area contributed by atoms with Crippen molar-refractivity contribution in [3.8, 4) is 0 Å². The Balaban J connectivity index is 1.60. The maximum atomic E-state index is 5.70. The molecule has 1 aromatic carbocycles. The molecule has 2 aromatic rings. The molecular formula is C17H24N2OS. The zero-order chi connectivity index (χ0) is 14.9. The first-order valence-corrected chi connectivity index (χ1v) is 8.40. The summed E-state index contributed by atoms with van der Waals surface area (Å²) in [6.07, 6.45) is 2.12. The molecule has 0 amide bonds. The number of hydrogen-bond donors (Lipinski definition) is 1. The second-order valence-electron chi connectivity index (χ2n) is 5.41. The molecule has 0 unspecified atom stereocenters. The third kappa shape index (κ3) is 6.38. The van der Waals surface area contributed by atoms with Crippen LogP contribution in [0.25, 0.3) is 0 Å². The summed E-state index contributed by atoms with van der Waals surface area (Å²) in [6.45, 7) is 6.53. The van der Waals surface area contributed by atoms with Crippen molar-refractivity contribution in [2.45, 2.75) is 45.9 Å². The van der Waals surface area contributed by atoms with Crippen LogP contribution in [0, 0.1) is 0 Å². The fraction of sp³-hybridized carbons (Fsp3) is 0.471. The summed E-state index contributed by atoms with van der Waals surface area (Å²) >= 11 is 1.70. The predicted molar refractivity (Wildman–Crippen MR) is 88.5 cm³/mol. The van der Waals surface area contributed by atoms with E-state index in [0.29, 0.717) is 12.6 Å². The third-order valence-electron chi connectivity index (χ3n) is 3.11. The molecule has 0 saturated heterocycles. The van der Waals surface area contributed by atoms with Gasteiger partial charge in [-0.2, -0.15) is 0 Å². The molecule has 1 heterocycles. The molecule has 3 nitrogen and oxygen atoms in total. The molecule has 2 rings (SSSR count). The quantitative estimate of drug-likeness (QED) is 0.716. The Kier molecular flexibility index (Phi) is 6.86. The summed E-state index contributed by atoms with van der Waals surface area (Å²) in [5.74, 6) is 0. The van der Waals surface area contributed by atoms with E-state index < -0.39 is 0 Å². The summed E-state index contributed by atoms with van der Waals surface area (Å²) in [6, 6.07) is 11.0. The molecule has 1 aromatic heterocycles. The van der Waals surface area contributed by atoms with Crippen molar-refractivity contribution >= 4 is 11.3 Å². The molecular weight excluding hydrogens is 280 g/mol. The Morgan fingerprint density at radius 2 is 2.05 bits per heavy atom. The van der Waals surface area contributed by atoms with E-state index in [-0.39, 0.29) is 0 Å². The molecule has 0 aliphatic heterocycles. The largest absolute Gasteiger partial charge is 0.375 e. The summed E-state index contributed by atoms with van der Waals surface area (Å²) in [5.41, 5.74) is 2.41.